The van der Waals surface area contributed by atoms with E-state index in [0.717, 1.165) is 69.0 Å². The summed E-state index contributed by atoms with van der Waals surface area (Å²) in [6.07, 6.45) is 5.85. The Labute approximate surface area is 182 Å². The summed E-state index contributed by atoms with van der Waals surface area (Å²) in [5.41, 5.74) is 1.00. The third-order valence-electron chi connectivity index (χ3n) is 5.75. The molecule has 1 aliphatic carbocycles. The lowest BCUT2D eigenvalue weighted by atomic mass is 9.85. The number of hydrogen-bond donors (Lipinski definition) is 2. The van der Waals surface area contributed by atoms with Crippen molar-refractivity contribution in [2.24, 2.45) is 5.92 Å². The van der Waals surface area contributed by atoms with Gasteiger partial charge >= 0.3 is 0 Å². The molecule has 1 saturated heterocycles. The van der Waals surface area contributed by atoms with Gasteiger partial charge in [-0.25, -0.2) is 4.98 Å². The second-order valence-electron chi connectivity index (χ2n) is 8.06. The van der Waals surface area contributed by atoms with Gasteiger partial charge in [-0.3, -0.25) is 14.4 Å². The monoisotopic (exact) mass is 438 g/mol. The Hall–Kier alpha value is -2.00. The number of aryl methyl sites for hydroxylation is 2. The van der Waals surface area contributed by atoms with Gasteiger partial charge < -0.3 is 20.2 Å². The smallest absolute Gasteiger partial charge is 0.290 e. The zero-order valence-electron chi connectivity index (χ0n) is 18.0. The number of carboxylic acid groups (broad SMARTS) is 1. The zero-order chi connectivity index (χ0) is 21.9. The molecule has 8 nitrogen and oxygen atoms in total. The van der Waals surface area contributed by atoms with Crippen molar-refractivity contribution in [3.05, 3.63) is 16.1 Å². The zero-order valence-corrected chi connectivity index (χ0v) is 18.8. The molecule has 0 spiro atoms. The number of nitrogens with zero attached hydrogens (tertiary/aromatic N) is 3. The molecule has 30 heavy (non-hydrogen) atoms. The summed E-state index contributed by atoms with van der Waals surface area (Å²) in [6, 6.07) is 0.217. The van der Waals surface area contributed by atoms with Gasteiger partial charge in [-0.2, -0.15) is 0 Å². The maximum atomic E-state index is 12.8. The number of aromatic nitrogens is 1. The van der Waals surface area contributed by atoms with E-state index in [4.69, 9.17) is 9.90 Å². The molecule has 2 heterocycles. The number of hydrogen-bond acceptors (Lipinski definition) is 6. The normalized spacial score (nSPS) is 22.4. The molecule has 9 heteroatoms. The summed E-state index contributed by atoms with van der Waals surface area (Å²) in [7, 11) is 2.12. The third kappa shape index (κ3) is 8.02. The van der Waals surface area contributed by atoms with E-state index in [1.165, 1.54) is 0 Å². The quantitative estimate of drug-likeness (QED) is 0.681. The second kappa shape index (κ2) is 12.6. The minimum atomic E-state index is -0.250. The molecule has 2 fully saturated rings. The van der Waals surface area contributed by atoms with Crippen LogP contribution in [0.1, 0.15) is 49.2 Å². The van der Waals surface area contributed by atoms with Crippen LogP contribution >= 0.6 is 11.3 Å². The summed E-state index contributed by atoms with van der Waals surface area (Å²) in [5, 5.41) is 13.1. The molecule has 168 valence electrons. The number of thiazole rings is 1. The van der Waals surface area contributed by atoms with Crippen LogP contribution in [0.5, 0.6) is 0 Å². The topological polar surface area (TPSA) is 103 Å². The van der Waals surface area contributed by atoms with E-state index in [-0.39, 0.29) is 24.3 Å². The average molecular weight is 439 g/mol. The van der Waals surface area contributed by atoms with E-state index in [1.807, 2.05) is 12.3 Å². The van der Waals surface area contributed by atoms with Gasteiger partial charge in [0.05, 0.1) is 10.7 Å². The van der Waals surface area contributed by atoms with Crippen LogP contribution in [0.2, 0.25) is 0 Å². The van der Waals surface area contributed by atoms with Crippen LogP contribution < -0.4 is 5.32 Å². The molecule has 1 aromatic heterocycles. The van der Waals surface area contributed by atoms with Gasteiger partial charge in [0, 0.05) is 43.4 Å². The van der Waals surface area contributed by atoms with Crippen molar-refractivity contribution in [2.45, 2.75) is 57.9 Å². The Balaban J connectivity index is 0.00000101. The molecule has 2 aliphatic rings. The molecule has 0 unspecified atom stereocenters. The van der Waals surface area contributed by atoms with E-state index < -0.39 is 0 Å². The van der Waals surface area contributed by atoms with Crippen molar-refractivity contribution in [3.8, 4) is 0 Å². The van der Waals surface area contributed by atoms with E-state index in [0.29, 0.717) is 18.7 Å². The van der Waals surface area contributed by atoms with Crippen molar-refractivity contribution in [1.29, 1.82) is 0 Å². The largest absolute Gasteiger partial charge is 0.483 e. The first-order chi connectivity index (χ1) is 14.4. The number of likely N-dealkylation sites (N-methyl/N-ethyl adjacent to an activating group) is 1. The second-order valence-corrected chi connectivity index (χ2v) is 9.12. The molecule has 1 aromatic rings. The summed E-state index contributed by atoms with van der Waals surface area (Å²) in [6.45, 7) is 5.51. The molecular weight excluding hydrogens is 404 g/mol. The van der Waals surface area contributed by atoms with Crippen LogP contribution in [0, 0.1) is 12.8 Å². The Bertz CT molecular complexity index is 688. The highest BCUT2D eigenvalue weighted by molar-refractivity contribution is 7.09. The lowest BCUT2D eigenvalue weighted by Gasteiger charge is -2.32. The first kappa shape index (κ1) is 24.3. The van der Waals surface area contributed by atoms with Crippen molar-refractivity contribution >= 4 is 29.6 Å². The summed E-state index contributed by atoms with van der Waals surface area (Å²) >= 11 is 1.63. The molecule has 1 aliphatic heterocycles. The van der Waals surface area contributed by atoms with Crippen molar-refractivity contribution in [1.82, 2.24) is 20.1 Å². The van der Waals surface area contributed by atoms with Gasteiger partial charge in [0.1, 0.15) is 0 Å². The van der Waals surface area contributed by atoms with Gasteiger partial charge in [-0.15, -0.1) is 11.3 Å². The molecular formula is C21H34N4O4S. The maximum Gasteiger partial charge on any atom is 0.290 e. The Kier molecular flexibility index (Phi) is 10.2. The average Bonchev–Trinajstić information content (AvgIpc) is 3.02. The Morgan fingerprint density at radius 2 is 1.93 bits per heavy atom. The number of carbonyl (C=O) groups is 3. The van der Waals surface area contributed by atoms with Gasteiger partial charge in [0.15, 0.2) is 0 Å². The molecule has 1 saturated carbocycles. The lowest BCUT2D eigenvalue weighted by molar-refractivity contribution is -0.136. The van der Waals surface area contributed by atoms with Crippen LogP contribution in [0.3, 0.4) is 0 Å². The first-order valence-electron chi connectivity index (χ1n) is 10.7. The predicted molar refractivity (Wildman–Crippen MR) is 116 cm³/mol. The molecule has 2 amide bonds. The van der Waals surface area contributed by atoms with E-state index in [9.17, 15) is 9.59 Å². The minimum Gasteiger partial charge on any atom is -0.483 e. The maximum absolute atomic E-state index is 12.8. The number of rotatable bonds is 5. The van der Waals surface area contributed by atoms with Gasteiger partial charge in [0.25, 0.3) is 6.47 Å². The van der Waals surface area contributed by atoms with Crippen molar-refractivity contribution in [2.75, 3.05) is 33.2 Å². The van der Waals surface area contributed by atoms with E-state index in [2.05, 4.69) is 27.1 Å². The van der Waals surface area contributed by atoms with Crippen LogP contribution in [0.25, 0.3) is 0 Å². The fraction of sp³-hybridized carbons (Fsp3) is 0.714. The number of carbonyl (C=O) groups excluding carboxylic acids is 2. The highest BCUT2D eigenvalue weighted by atomic mass is 32.1. The Morgan fingerprint density at radius 3 is 2.57 bits per heavy atom. The van der Waals surface area contributed by atoms with E-state index >= 15 is 0 Å². The number of amides is 2. The SMILES string of the molecule is Cc1nc(CCC(=O)NC2CCC(C(=O)N3CCCN(C)CC3)CC2)cs1.O=CO. The molecule has 2 N–H and O–H groups in total. The third-order valence-corrected chi connectivity index (χ3v) is 6.57. The number of nitrogens with one attached hydrogen (secondary N) is 1. The molecule has 3 rings (SSSR count). The van der Waals surface area contributed by atoms with Crippen LogP contribution in [-0.4, -0.2) is 77.4 Å². The van der Waals surface area contributed by atoms with Gasteiger partial charge in [-0.1, -0.05) is 0 Å². The van der Waals surface area contributed by atoms with Crippen molar-refractivity contribution < 1.29 is 19.5 Å². The van der Waals surface area contributed by atoms with Crippen LogP contribution in [0.15, 0.2) is 5.38 Å². The summed E-state index contributed by atoms with van der Waals surface area (Å²) in [4.78, 5) is 42.2. The first-order valence-corrected chi connectivity index (χ1v) is 11.6. The Morgan fingerprint density at radius 1 is 1.23 bits per heavy atom. The lowest BCUT2D eigenvalue weighted by Crippen LogP contribution is -2.43. The fourth-order valence-corrected chi connectivity index (χ4v) is 4.72. The summed E-state index contributed by atoms with van der Waals surface area (Å²) in [5.74, 6) is 0.569. The fourth-order valence-electron chi connectivity index (χ4n) is 4.07. The van der Waals surface area contributed by atoms with Gasteiger partial charge in [-0.05, 0) is 59.0 Å². The standard InChI is InChI=1S/C20H32N4O2S.CH2O2/c1-15-21-18(14-27-15)8-9-19(25)22-17-6-4-16(5-7-17)20(26)24-11-3-10-23(2)12-13-24;2-1-3/h14,16-17H,3-13H2,1-2H3,(H,22,25);1H,(H,2,3). The van der Waals surface area contributed by atoms with Gasteiger partial charge in [0.2, 0.25) is 11.8 Å². The van der Waals surface area contributed by atoms with Crippen LogP contribution in [0.4, 0.5) is 0 Å². The van der Waals surface area contributed by atoms with E-state index in [1.54, 1.807) is 11.3 Å². The summed E-state index contributed by atoms with van der Waals surface area (Å²) < 4.78 is 0. The minimum absolute atomic E-state index is 0.103. The van der Waals surface area contributed by atoms with Crippen molar-refractivity contribution in [3.63, 3.8) is 0 Å². The molecule has 0 atom stereocenters. The highest BCUT2D eigenvalue weighted by Gasteiger charge is 2.30. The molecule has 0 aromatic carbocycles. The highest BCUT2D eigenvalue weighted by Crippen LogP contribution is 2.26. The predicted octanol–water partition coefficient (Wildman–Crippen LogP) is 1.92. The van der Waals surface area contributed by atoms with Crippen LogP contribution in [-0.2, 0) is 20.8 Å². The molecule has 0 bridgehead atoms. The molecule has 0 radical (unpaired) electrons.